The largest absolute Gasteiger partial charge is 0.490 e. The number of methoxy groups -OCH3 is 1. The van der Waals surface area contributed by atoms with Gasteiger partial charge < -0.3 is 15.8 Å². The van der Waals surface area contributed by atoms with E-state index in [1.54, 1.807) is 18.9 Å². The maximum absolute atomic E-state index is 5.68. The van der Waals surface area contributed by atoms with Gasteiger partial charge in [-0.25, -0.2) is 9.97 Å². The lowest BCUT2D eigenvalue weighted by atomic mass is 10.2. The molecule has 0 aromatic carbocycles. The molecule has 0 aliphatic carbocycles. The molecule has 3 N–H and O–H groups in total. The molecule has 6 heteroatoms. The molecule has 0 radical (unpaired) electrons. The van der Waals surface area contributed by atoms with Crippen molar-refractivity contribution in [1.82, 2.24) is 9.97 Å². The summed E-state index contributed by atoms with van der Waals surface area (Å²) in [6.07, 6.45) is 3.50. The van der Waals surface area contributed by atoms with Crippen molar-refractivity contribution in [3.8, 4) is 5.75 Å². The fourth-order valence-corrected chi connectivity index (χ4v) is 1.30. The SMILES string of the molecule is COc1c(N)ncnc1NCC(C)(C)SC. The first-order chi connectivity index (χ1) is 7.50. The van der Waals surface area contributed by atoms with E-state index in [1.807, 2.05) is 0 Å². The second-order valence-electron chi connectivity index (χ2n) is 3.96. The van der Waals surface area contributed by atoms with E-state index in [1.165, 1.54) is 6.33 Å². The van der Waals surface area contributed by atoms with Crippen molar-refractivity contribution in [3.63, 3.8) is 0 Å². The molecule has 0 atom stereocenters. The minimum Gasteiger partial charge on any atom is -0.490 e. The standard InChI is InChI=1S/C10H18N4OS/c1-10(2,16-4)5-12-9-7(15-3)8(11)13-6-14-9/h6H,5H2,1-4H3,(H3,11,12,13,14). The molecular formula is C10H18N4OS. The lowest BCUT2D eigenvalue weighted by Crippen LogP contribution is -2.26. The average molecular weight is 242 g/mol. The number of thioether (sulfide) groups is 1. The van der Waals surface area contributed by atoms with Crippen molar-refractivity contribution >= 4 is 23.4 Å². The Morgan fingerprint density at radius 2 is 2.19 bits per heavy atom. The van der Waals surface area contributed by atoms with Crippen LogP contribution in [0.5, 0.6) is 5.75 Å². The highest BCUT2D eigenvalue weighted by atomic mass is 32.2. The highest BCUT2D eigenvalue weighted by molar-refractivity contribution is 7.99. The van der Waals surface area contributed by atoms with Gasteiger partial charge in [0.2, 0.25) is 5.75 Å². The van der Waals surface area contributed by atoms with E-state index in [2.05, 4.69) is 35.4 Å². The van der Waals surface area contributed by atoms with E-state index in [-0.39, 0.29) is 4.75 Å². The highest BCUT2D eigenvalue weighted by Crippen LogP contribution is 2.28. The van der Waals surface area contributed by atoms with Gasteiger partial charge in [0, 0.05) is 11.3 Å². The minimum absolute atomic E-state index is 0.130. The van der Waals surface area contributed by atoms with Gasteiger partial charge in [0.1, 0.15) is 6.33 Å². The molecule has 0 saturated heterocycles. The molecule has 1 aromatic rings. The van der Waals surface area contributed by atoms with Crippen molar-refractivity contribution in [2.75, 3.05) is 31.0 Å². The Labute approximate surface area is 100 Å². The van der Waals surface area contributed by atoms with Gasteiger partial charge in [-0.2, -0.15) is 11.8 Å². The van der Waals surface area contributed by atoms with E-state index in [4.69, 9.17) is 10.5 Å². The Hall–Kier alpha value is -1.17. The number of rotatable bonds is 5. The van der Waals surface area contributed by atoms with Crippen molar-refractivity contribution in [2.24, 2.45) is 0 Å². The van der Waals surface area contributed by atoms with Crippen LogP contribution in [0.1, 0.15) is 13.8 Å². The molecule has 1 aromatic heterocycles. The van der Waals surface area contributed by atoms with E-state index in [9.17, 15) is 0 Å². The lowest BCUT2D eigenvalue weighted by Gasteiger charge is -2.23. The van der Waals surface area contributed by atoms with Crippen molar-refractivity contribution < 1.29 is 4.74 Å². The lowest BCUT2D eigenvalue weighted by molar-refractivity contribution is 0.415. The maximum Gasteiger partial charge on any atom is 0.203 e. The number of ether oxygens (including phenoxy) is 1. The zero-order chi connectivity index (χ0) is 12.2. The summed E-state index contributed by atoms with van der Waals surface area (Å²) in [7, 11) is 1.56. The van der Waals surface area contributed by atoms with Crippen LogP contribution >= 0.6 is 11.8 Å². The second kappa shape index (κ2) is 5.25. The molecule has 0 bridgehead atoms. The fraction of sp³-hybridized carbons (Fsp3) is 0.600. The summed E-state index contributed by atoms with van der Waals surface area (Å²) in [5.41, 5.74) is 5.68. The molecule has 0 fully saturated rings. The number of nitrogen functional groups attached to an aromatic ring is 1. The summed E-state index contributed by atoms with van der Waals surface area (Å²) in [5.74, 6) is 1.48. The van der Waals surface area contributed by atoms with Crippen LogP contribution in [0, 0.1) is 0 Å². The Bertz CT molecular complexity index is 357. The zero-order valence-electron chi connectivity index (χ0n) is 10.1. The fourth-order valence-electron chi connectivity index (χ4n) is 1.08. The summed E-state index contributed by atoms with van der Waals surface area (Å²) < 4.78 is 5.29. The Morgan fingerprint density at radius 1 is 1.50 bits per heavy atom. The van der Waals surface area contributed by atoms with Crippen LogP contribution in [0.4, 0.5) is 11.6 Å². The van der Waals surface area contributed by atoms with Gasteiger partial charge in [0.15, 0.2) is 11.6 Å². The molecule has 90 valence electrons. The van der Waals surface area contributed by atoms with Crippen LogP contribution in [0.2, 0.25) is 0 Å². The first-order valence-electron chi connectivity index (χ1n) is 4.93. The topological polar surface area (TPSA) is 73.1 Å². The monoisotopic (exact) mass is 242 g/mol. The van der Waals surface area contributed by atoms with E-state index < -0.39 is 0 Å². The van der Waals surface area contributed by atoms with Crippen LogP contribution in [-0.2, 0) is 0 Å². The molecule has 0 amide bonds. The molecular weight excluding hydrogens is 224 g/mol. The summed E-state index contributed by atoms with van der Waals surface area (Å²) in [6, 6.07) is 0. The molecule has 16 heavy (non-hydrogen) atoms. The van der Waals surface area contributed by atoms with Crippen LogP contribution in [0.25, 0.3) is 0 Å². The number of anilines is 2. The average Bonchev–Trinajstić information content (AvgIpc) is 2.26. The molecule has 0 saturated carbocycles. The normalized spacial score (nSPS) is 11.2. The quantitative estimate of drug-likeness (QED) is 0.817. The van der Waals surface area contributed by atoms with Gasteiger partial charge in [-0.05, 0) is 20.1 Å². The van der Waals surface area contributed by atoms with Gasteiger partial charge in [-0.3, -0.25) is 0 Å². The van der Waals surface area contributed by atoms with Crippen molar-refractivity contribution in [2.45, 2.75) is 18.6 Å². The van der Waals surface area contributed by atoms with Gasteiger partial charge >= 0.3 is 0 Å². The van der Waals surface area contributed by atoms with E-state index >= 15 is 0 Å². The van der Waals surface area contributed by atoms with Gasteiger partial charge in [-0.15, -0.1) is 0 Å². The molecule has 0 aliphatic heterocycles. The molecule has 5 nitrogen and oxygen atoms in total. The number of hydrogen-bond acceptors (Lipinski definition) is 6. The first kappa shape index (κ1) is 12.9. The molecule has 1 rings (SSSR count). The third-order valence-electron chi connectivity index (χ3n) is 2.27. The Balaban J connectivity index is 2.78. The molecule has 0 unspecified atom stereocenters. The van der Waals surface area contributed by atoms with Crippen LogP contribution in [0.15, 0.2) is 6.33 Å². The summed E-state index contributed by atoms with van der Waals surface area (Å²) in [5, 5.41) is 3.22. The van der Waals surface area contributed by atoms with Crippen LogP contribution in [-0.4, -0.2) is 34.6 Å². The highest BCUT2D eigenvalue weighted by Gasteiger charge is 2.17. The predicted octanol–water partition coefficient (Wildman–Crippen LogP) is 1.62. The number of aromatic nitrogens is 2. The van der Waals surface area contributed by atoms with Gasteiger partial charge in [0.05, 0.1) is 7.11 Å². The maximum atomic E-state index is 5.68. The van der Waals surface area contributed by atoms with Crippen molar-refractivity contribution in [1.29, 1.82) is 0 Å². The summed E-state index contributed by atoms with van der Waals surface area (Å²) >= 11 is 1.79. The van der Waals surface area contributed by atoms with E-state index in [0.29, 0.717) is 17.4 Å². The number of nitrogens with two attached hydrogens (primary N) is 1. The summed E-state index contributed by atoms with van der Waals surface area (Å²) in [4.78, 5) is 7.98. The molecule has 0 spiro atoms. The predicted molar refractivity (Wildman–Crippen MR) is 69.1 cm³/mol. The van der Waals surface area contributed by atoms with Gasteiger partial charge in [0.25, 0.3) is 0 Å². The number of hydrogen-bond donors (Lipinski definition) is 2. The third kappa shape index (κ3) is 3.16. The Morgan fingerprint density at radius 3 is 2.75 bits per heavy atom. The minimum atomic E-state index is 0.130. The summed E-state index contributed by atoms with van der Waals surface area (Å²) in [6.45, 7) is 5.09. The van der Waals surface area contributed by atoms with Gasteiger partial charge in [-0.1, -0.05) is 0 Å². The Kier molecular flexibility index (Phi) is 4.23. The third-order valence-corrected chi connectivity index (χ3v) is 3.52. The smallest absolute Gasteiger partial charge is 0.203 e. The molecule has 1 heterocycles. The number of nitrogens with one attached hydrogen (secondary N) is 1. The van der Waals surface area contributed by atoms with Crippen LogP contribution < -0.4 is 15.8 Å². The second-order valence-corrected chi connectivity index (χ2v) is 5.47. The van der Waals surface area contributed by atoms with E-state index in [0.717, 1.165) is 6.54 Å². The number of nitrogens with zero attached hydrogens (tertiary/aromatic N) is 2. The van der Waals surface area contributed by atoms with Crippen molar-refractivity contribution in [3.05, 3.63) is 6.33 Å². The zero-order valence-corrected chi connectivity index (χ0v) is 10.9. The first-order valence-corrected chi connectivity index (χ1v) is 6.16. The van der Waals surface area contributed by atoms with Crippen LogP contribution in [0.3, 0.4) is 0 Å². The molecule has 0 aliphatic rings.